The minimum absolute atomic E-state index is 0.0761. The average molecular weight is 332 g/mol. The summed E-state index contributed by atoms with van der Waals surface area (Å²) >= 11 is 0. The number of nitrogens with one attached hydrogen (secondary N) is 1. The summed E-state index contributed by atoms with van der Waals surface area (Å²) in [5.74, 6) is -0.632. The molecule has 0 spiro atoms. The van der Waals surface area contributed by atoms with Gasteiger partial charge in [-0.05, 0) is 20.9 Å². The number of likely N-dealkylation sites (tertiary alicyclic amines) is 1. The first-order valence-corrected chi connectivity index (χ1v) is 7.34. The molecule has 9 heteroatoms. The van der Waals surface area contributed by atoms with E-state index in [2.05, 4.69) is 15.3 Å². The molecule has 2 aliphatic heterocycles. The first-order valence-electron chi connectivity index (χ1n) is 7.34. The molecule has 0 radical (unpaired) electrons. The van der Waals surface area contributed by atoms with Crippen molar-refractivity contribution in [3.8, 4) is 0 Å². The van der Waals surface area contributed by atoms with Crippen LogP contribution in [0.25, 0.3) is 0 Å². The molecule has 1 N–H and O–H groups in total. The number of alkyl halides is 3. The second kappa shape index (κ2) is 5.57. The number of ether oxygens (including phenoxy) is 2. The lowest BCUT2D eigenvalue weighted by Crippen LogP contribution is -2.55. The first-order chi connectivity index (χ1) is 10.6. The maximum absolute atomic E-state index is 12.7. The summed E-state index contributed by atoms with van der Waals surface area (Å²) in [5, 5.41) is 3.01. The Bertz CT molecular complexity index is 581. The molecule has 0 aromatic carbocycles. The second-order valence-corrected chi connectivity index (χ2v) is 6.40. The van der Waals surface area contributed by atoms with E-state index in [0.29, 0.717) is 19.3 Å². The van der Waals surface area contributed by atoms with Crippen LogP contribution in [0.3, 0.4) is 0 Å². The van der Waals surface area contributed by atoms with Gasteiger partial charge in [0.15, 0.2) is 11.5 Å². The predicted octanol–water partition coefficient (Wildman–Crippen LogP) is 1.74. The number of fused-ring (bicyclic) bond motifs is 1. The van der Waals surface area contributed by atoms with Gasteiger partial charge in [0, 0.05) is 13.1 Å². The minimum Gasteiger partial charge on any atom is -0.362 e. The molecule has 128 valence electrons. The molecule has 1 aromatic rings. The molecule has 0 unspecified atom stereocenters. The van der Waals surface area contributed by atoms with Crippen molar-refractivity contribution in [2.24, 2.45) is 0 Å². The fourth-order valence-corrected chi connectivity index (χ4v) is 3.06. The van der Waals surface area contributed by atoms with Crippen LogP contribution in [-0.2, 0) is 15.7 Å². The molecule has 3 heterocycles. The summed E-state index contributed by atoms with van der Waals surface area (Å²) in [6.45, 7) is 4.97. The number of halogens is 3. The number of anilines is 1. The van der Waals surface area contributed by atoms with Gasteiger partial charge in [-0.1, -0.05) is 0 Å². The van der Waals surface area contributed by atoms with E-state index in [1.807, 2.05) is 25.8 Å². The van der Waals surface area contributed by atoms with Gasteiger partial charge in [-0.2, -0.15) is 13.2 Å². The van der Waals surface area contributed by atoms with Crippen LogP contribution in [0.5, 0.6) is 0 Å². The van der Waals surface area contributed by atoms with Gasteiger partial charge < -0.3 is 19.7 Å². The van der Waals surface area contributed by atoms with Crippen molar-refractivity contribution in [3.63, 3.8) is 0 Å². The maximum atomic E-state index is 12.7. The Morgan fingerprint density at radius 3 is 2.70 bits per heavy atom. The lowest BCUT2D eigenvalue weighted by atomic mass is 10.00. The number of hydrogen-bond acceptors (Lipinski definition) is 6. The second-order valence-electron chi connectivity index (χ2n) is 6.40. The van der Waals surface area contributed by atoms with Crippen LogP contribution in [0, 0.1) is 0 Å². The zero-order valence-electron chi connectivity index (χ0n) is 13.1. The van der Waals surface area contributed by atoms with Crippen LogP contribution < -0.4 is 5.32 Å². The normalized spacial score (nSPS) is 31.0. The highest BCUT2D eigenvalue weighted by atomic mass is 19.4. The smallest absolute Gasteiger partial charge is 0.362 e. The third-order valence-electron chi connectivity index (χ3n) is 3.88. The molecule has 2 fully saturated rings. The van der Waals surface area contributed by atoms with Crippen LogP contribution in [-0.4, -0.2) is 59.0 Å². The summed E-state index contributed by atoms with van der Waals surface area (Å²) in [4.78, 5) is 9.27. The van der Waals surface area contributed by atoms with Crippen molar-refractivity contribution < 1.29 is 22.6 Å². The van der Waals surface area contributed by atoms with Crippen LogP contribution >= 0.6 is 0 Å². The number of aromatic nitrogens is 2. The molecule has 0 saturated carbocycles. The molecular formula is C14H19F3N4O2. The molecule has 3 atom stereocenters. The Balaban J connectivity index is 1.79. The van der Waals surface area contributed by atoms with E-state index in [0.717, 1.165) is 0 Å². The molecule has 6 nitrogen and oxygen atoms in total. The Hall–Kier alpha value is -1.45. The van der Waals surface area contributed by atoms with Crippen molar-refractivity contribution in [1.29, 1.82) is 0 Å². The number of rotatable bonds is 2. The number of nitrogens with zero attached hydrogens (tertiary/aromatic N) is 3. The third kappa shape index (κ3) is 3.56. The van der Waals surface area contributed by atoms with Crippen molar-refractivity contribution in [1.82, 2.24) is 14.9 Å². The lowest BCUT2D eigenvalue weighted by molar-refractivity contribution is -0.145. The van der Waals surface area contributed by atoms with Crippen molar-refractivity contribution >= 4 is 5.82 Å². The molecule has 2 aliphatic rings. The van der Waals surface area contributed by atoms with Crippen molar-refractivity contribution in [2.45, 2.75) is 44.1 Å². The molecule has 3 rings (SSSR count). The van der Waals surface area contributed by atoms with Gasteiger partial charge in [-0.25, -0.2) is 4.98 Å². The molecule has 0 amide bonds. The van der Waals surface area contributed by atoms with Gasteiger partial charge >= 0.3 is 6.18 Å². The Labute approximate surface area is 132 Å². The summed E-state index contributed by atoms with van der Waals surface area (Å²) in [6.07, 6.45) is -2.93. The molecule has 2 saturated heterocycles. The van der Waals surface area contributed by atoms with Gasteiger partial charge in [-0.15, -0.1) is 0 Å². The lowest BCUT2D eigenvalue weighted by Gasteiger charge is -2.37. The fourth-order valence-electron chi connectivity index (χ4n) is 3.06. The van der Waals surface area contributed by atoms with Crippen LogP contribution in [0.15, 0.2) is 12.4 Å². The van der Waals surface area contributed by atoms with Crippen LogP contribution in [0.2, 0.25) is 0 Å². The standard InChI is InChI=1S/C14H19F3N4O2/c1-13(2)22-9-7-21(3)6-8(12(9)23-13)19-11-5-18-4-10(20-11)14(15,16)17/h4-5,8-9,12H,6-7H2,1-3H3,(H,19,20)/t8-,9-,12+/m0/s1. The van der Waals surface area contributed by atoms with Crippen LogP contribution in [0.1, 0.15) is 19.5 Å². The third-order valence-corrected chi connectivity index (χ3v) is 3.88. The van der Waals surface area contributed by atoms with E-state index in [1.165, 1.54) is 6.20 Å². The van der Waals surface area contributed by atoms with Gasteiger partial charge in [0.2, 0.25) is 0 Å². The van der Waals surface area contributed by atoms with Crippen molar-refractivity contribution in [3.05, 3.63) is 18.1 Å². The SMILES string of the molecule is CN1C[C@H](Nc2cncc(C(F)(F)F)n2)[C@H]2OC(C)(C)O[C@H]2C1. The topological polar surface area (TPSA) is 59.5 Å². The number of hydrogen-bond donors (Lipinski definition) is 1. The van der Waals surface area contributed by atoms with E-state index < -0.39 is 17.7 Å². The first kappa shape index (κ1) is 16.4. The van der Waals surface area contributed by atoms with E-state index >= 15 is 0 Å². The molecule has 23 heavy (non-hydrogen) atoms. The van der Waals surface area contributed by atoms with E-state index in [4.69, 9.17) is 9.47 Å². The summed E-state index contributed by atoms with van der Waals surface area (Å²) < 4.78 is 50.0. The highest BCUT2D eigenvalue weighted by molar-refractivity contribution is 5.35. The maximum Gasteiger partial charge on any atom is 0.434 e. The summed E-state index contributed by atoms with van der Waals surface area (Å²) in [7, 11) is 1.93. The predicted molar refractivity (Wildman–Crippen MR) is 75.8 cm³/mol. The van der Waals surface area contributed by atoms with E-state index in [1.54, 1.807) is 0 Å². The summed E-state index contributed by atoms with van der Waals surface area (Å²) in [6, 6.07) is -0.238. The van der Waals surface area contributed by atoms with Crippen LogP contribution in [0.4, 0.5) is 19.0 Å². The van der Waals surface area contributed by atoms with E-state index in [9.17, 15) is 13.2 Å². The average Bonchev–Trinajstić information content (AvgIpc) is 2.72. The minimum atomic E-state index is -4.52. The molecule has 1 aromatic heterocycles. The zero-order valence-corrected chi connectivity index (χ0v) is 13.1. The quantitative estimate of drug-likeness (QED) is 0.890. The molecular weight excluding hydrogens is 313 g/mol. The fraction of sp³-hybridized carbons (Fsp3) is 0.714. The van der Waals surface area contributed by atoms with E-state index in [-0.39, 0.29) is 24.1 Å². The Morgan fingerprint density at radius 1 is 1.26 bits per heavy atom. The van der Waals surface area contributed by atoms with Gasteiger partial charge in [-0.3, -0.25) is 4.98 Å². The monoisotopic (exact) mass is 332 g/mol. The highest BCUT2D eigenvalue weighted by Gasteiger charge is 2.48. The molecule has 0 bridgehead atoms. The Kier molecular flexibility index (Phi) is 3.97. The Morgan fingerprint density at radius 2 is 2.00 bits per heavy atom. The van der Waals surface area contributed by atoms with Gasteiger partial charge in [0.1, 0.15) is 18.0 Å². The zero-order chi connectivity index (χ0) is 16.8. The number of likely N-dealkylation sites (N-methyl/N-ethyl adjacent to an activating group) is 1. The largest absolute Gasteiger partial charge is 0.434 e. The van der Waals surface area contributed by atoms with Crippen molar-refractivity contribution in [2.75, 3.05) is 25.5 Å². The summed E-state index contributed by atoms with van der Waals surface area (Å²) in [5.41, 5.74) is -1.02. The molecule has 0 aliphatic carbocycles. The number of piperidine rings is 1. The highest BCUT2D eigenvalue weighted by Crippen LogP contribution is 2.34. The van der Waals surface area contributed by atoms with Gasteiger partial charge in [0.05, 0.1) is 18.4 Å². The van der Waals surface area contributed by atoms with Gasteiger partial charge in [0.25, 0.3) is 0 Å².